The fourth-order valence-electron chi connectivity index (χ4n) is 2.08. The highest BCUT2D eigenvalue weighted by Gasteiger charge is 2.19. The van der Waals surface area contributed by atoms with Gasteiger partial charge in [-0.05, 0) is 37.6 Å². The molecule has 1 aliphatic rings. The topological polar surface area (TPSA) is 40.7 Å². The van der Waals surface area contributed by atoms with Gasteiger partial charge >= 0.3 is 0 Å². The Balaban J connectivity index is 0.000000722. The van der Waals surface area contributed by atoms with Gasteiger partial charge in [0.25, 0.3) is 0 Å². The van der Waals surface area contributed by atoms with Crippen molar-refractivity contribution in [1.29, 1.82) is 0 Å². The van der Waals surface area contributed by atoms with E-state index in [2.05, 4.69) is 15.3 Å². The van der Waals surface area contributed by atoms with Crippen LogP contribution in [0.1, 0.15) is 24.7 Å². The lowest BCUT2D eigenvalue weighted by Gasteiger charge is -2.04. The van der Waals surface area contributed by atoms with E-state index >= 15 is 0 Å². The van der Waals surface area contributed by atoms with Crippen LogP contribution < -0.4 is 5.32 Å². The van der Waals surface area contributed by atoms with E-state index in [1.807, 2.05) is 0 Å². The minimum Gasteiger partial charge on any atom is -0.341 e. The van der Waals surface area contributed by atoms with Crippen molar-refractivity contribution in [3.05, 3.63) is 29.8 Å². The molecule has 1 atom stereocenters. The molecule has 1 aromatic carbocycles. The zero-order chi connectivity index (χ0) is 10.3. The number of aromatic amines is 1. The normalized spacial score (nSPS) is 18.8. The summed E-state index contributed by atoms with van der Waals surface area (Å²) in [7, 11) is 0. The highest BCUT2D eigenvalue weighted by atomic mass is 35.5. The van der Waals surface area contributed by atoms with E-state index in [1.165, 1.54) is 18.6 Å². The van der Waals surface area contributed by atoms with E-state index in [9.17, 15) is 4.39 Å². The number of hydrogen-bond donors (Lipinski definition) is 2. The molecule has 17 heavy (non-hydrogen) atoms. The summed E-state index contributed by atoms with van der Waals surface area (Å²) in [6.07, 6.45) is 2.28. The maximum atomic E-state index is 13.0. The van der Waals surface area contributed by atoms with Crippen LogP contribution in [0.2, 0.25) is 0 Å². The second kappa shape index (κ2) is 5.67. The molecule has 0 bridgehead atoms. The van der Waals surface area contributed by atoms with Gasteiger partial charge in [-0.3, -0.25) is 0 Å². The number of imidazole rings is 1. The van der Waals surface area contributed by atoms with E-state index in [4.69, 9.17) is 0 Å². The molecule has 2 N–H and O–H groups in total. The number of aromatic nitrogens is 2. The number of fused-ring (bicyclic) bond motifs is 1. The van der Waals surface area contributed by atoms with Gasteiger partial charge in [-0.25, -0.2) is 9.37 Å². The number of H-pyrrole nitrogens is 1. The molecule has 1 fully saturated rings. The predicted molar refractivity (Wildman–Crippen MR) is 70.5 cm³/mol. The van der Waals surface area contributed by atoms with Crippen LogP contribution in [0.3, 0.4) is 0 Å². The van der Waals surface area contributed by atoms with Gasteiger partial charge in [-0.2, -0.15) is 0 Å². The van der Waals surface area contributed by atoms with Gasteiger partial charge in [-0.15, -0.1) is 24.8 Å². The summed E-state index contributed by atoms with van der Waals surface area (Å²) < 4.78 is 13.0. The number of benzene rings is 1. The number of nitrogens with zero attached hydrogens (tertiary/aromatic N) is 1. The van der Waals surface area contributed by atoms with Crippen LogP contribution >= 0.6 is 24.8 Å². The summed E-state index contributed by atoms with van der Waals surface area (Å²) >= 11 is 0. The van der Waals surface area contributed by atoms with Crippen LogP contribution in [0.5, 0.6) is 0 Å². The second-order valence-electron chi connectivity index (χ2n) is 3.93. The minimum atomic E-state index is -0.225. The molecule has 1 aromatic heterocycles. The molecule has 94 valence electrons. The first-order valence-electron chi connectivity index (χ1n) is 5.21. The lowest BCUT2D eigenvalue weighted by Crippen LogP contribution is -2.13. The molecule has 6 heteroatoms. The average molecular weight is 278 g/mol. The third kappa shape index (κ3) is 2.70. The predicted octanol–water partition coefficient (Wildman–Crippen LogP) is 2.97. The lowest BCUT2D eigenvalue weighted by molar-refractivity contribution is 0.614. The van der Waals surface area contributed by atoms with Gasteiger partial charge in [0.1, 0.15) is 11.6 Å². The fraction of sp³-hybridized carbons (Fsp3) is 0.364. The first-order chi connectivity index (χ1) is 7.33. The second-order valence-corrected chi connectivity index (χ2v) is 3.93. The maximum absolute atomic E-state index is 13.0. The molecule has 0 saturated carbocycles. The Bertz CT molecular complexity index is 494. The van der Waals surface area contributed by atoms with Crippen molar-refractivity contribution >= 4 is 35.8 Å². The van der Waals surface area contributed by atoms with Gasteiger partial charge in [0, 0.05) is 0 Å². The van der Waals surface area contributed by atoms with Gasteiger partial charge in [0.2, 0.25) is 0 Å². The number of nitrogens with one attached hydrogen (secondary N) is 2. The lowest BCUT2D eigenvalue weighted by atomic mass is 10.2. The molecular formula is C11H14Cl2FN3. The van der Waals surface area contributed by atoms with Crippen molar-refractivity contribution in [1.82, 2.24) is 15.3 Å². The van der Waals surface area contributed by atoms with E-state index < -0.39 is 0 Å². The van der Waals surface area contributed by atoms with Crippen molar-refractivity contribution in [2.45, 2.75) is 18.9 Å². The van der Waals surface area contributed by atoms with Crippen LogP contribution in [0.4, 0.5) is 4.39 Å². The Kier molecular flexibility index (Phi) is 4.74. The maximum Gasteiger partial charge on any atom is 0.125 e. The Hall–Kier alpha value is -0.840. The molecule has 1 aliphatic heterocycles. The van der Waals surface area contributed by atoms with Gasteiger partial charge in [-0.1, -0.05) is 0 Å². The third-order valence-corrected chi connectivity index (χ3v) is 2.85. The first kappa shape index (κ1) is 14.2. The molecule has 3 rings (SSSR count). The molecule has 1 unspecified atom stereocenters. The number of halogens is 3. The van der Waals surface area contributed by atoms with Crippen LogP contribution in [0.15, 0.2) is 18.2 Å². The fourth-order valence-corrected chi connectivity index (χ4v) is 2.08. The third-order valence-electron chi connectivity index (χ3n) is 2.85. The highest BCUT2D eigenvalue weighted by molar-refractivity contribution is 5.85. The van der Waals surface area contributed by atoms with E-state index in [0.717, 1.165) is 29.8 Å². The summed E-state index contributed by atoms with van der Waals surface area (Å²) in [5.41, 5.74) is 1.61. The SMILES string of the molecule is Cl.Cl.Fc1ccc2nc(C3CCCN3)[nH]c2c1. The van der Waals surface area contributed by atoms with E-state index in [-0.39, 0.29) is 30.6 Å². The molecule has 2 aromatic rings. The molecule has 2 heterocycles. The van der Waals surface area contributed by atoms with Crippen molar-refractivity contribution in [2.75, 3.05) is 6.54 Å². The van der Waals surface area contributed by atoms with Gasteiger partial charge in [0.05, 0.1) is 17.1 Å². The first-order valence-corrected chi connectivity index (χ1v) is 5.21. The zero-order valence-electron chi connectivity index (χ0n) is 9.07. The summed E-state index contributed by atoms with van der Waals surface area (Å²) in [4.78, 5) is 7.62. The van der Waals surface area contributed by atoms with E-state index in [0.29, 0.717) is 6.04 Å². The summed E-state index contributed by atoms with van der Waals surface area (Å²) in [5, 5.41) is 3.36. The monoisotopic (exact) mass is 277 g/mol. The van der Waals surface area contributed by atoms with Gasteiger partial charge < -0.3 is 10.3 Å². The molecular weight excluding hydrogens is 264 g/mol. The molecule has 1 saturated heterocycles. The van der Waals surface area contributed by atoms with Gasteiger partial charge in [0.15, 0.2) is 0 Å². The minimum absolute atomic E-state index is 0. The Morgan fingerprint density at radius 2 is 2.12 bits per heavy atom. The number of rotatable bonds is 1. The van der Waals surface area contributed by atoms with Crippen LogP contribution in [0.25, 0.3) is 11.0 Å². The van der Waals surface area contributed by atoms with Crippen molar-refractivity contribution < 1.29 is 4.39 Å². The van der Waals surface area contributed by atoms with Crippen molar-refractivity contribution in [3.63, 3.8) is 0 Å². The average Bonchev–Trinajstić information content (AvgIpc) is 2.84. The zero-order valence-corrected chi connectivity index (χ0v) is 10.7. The highest BCUT2D eigenvalue weighted by Crippen LogP contribution is 2.23. The molecule has 3 nitrogen and oxygen atoms in total. The standard InChI is InChI=1S/C11H12FN3.2ClH/c12-7-3-4-8-10(6-7)15-11(14-8)9-2-1-5-13-9;;/h3-4,6,9,13H,1-2,5H2,(H,14,15);2*1H. The van der Waals surface area contributed by atoms with Crippen LogP contribution in [-0.4, -0.2) is 16.5 Å². The Morgan fingerprint density at radius 1 is 1.29 bits per heavy atom. The molecule has 0 spiro atoms. The Labute approximate surface area is 111 Å². The molecule has 0 amide bonds. The Morgan fingerprint density at radius 3 is 2.82 bits per heavy atom. The summed E-state index contributed by atoms with van der Waals surface area (Å²) in [6.45, 7) is 1.04. The smallest absolute Gasteiger partial charge is 0.125 e. The number of hydrogen-bond acceptors (Lipinski definition) is 2. The van der Waals surface area contributed by atoms with E-state index in [1.54, 1.807) is 6.07 Å². The molecule has 0 radical (unpaired) electrons. The molecule has 0 aliphatic carbocycles. The van der Waals surface area contributed by atoms with Crippen LogP contribution in [0, 0.1) is 5.82 Å². The summed E-state index contributed by atoms with van der Waals surface area (Å²) in [5.74, 6) is 0.699. The van der Waals surface area contributed by atoms with Crippen molar-refractivity contribution in [2.24, 2.45) is 0 Å². The van der Waals surface area contributed by atoms with Crippen LogP contribution in [-0.2, 0) is 0 Å². The van der Waals surface area contributed by atoms with Crippen molar-refractivity contribution in [3.8, 4) is 0 Å². The largest absolute Gasteiger partial charge is 0.341 e. The quantitative estimate of drug-likeness (QED) is 0.842. The summed E-state index contributed by atoms with van der Waals surface area (Å²) in [6, 6.07) is 4.94.